The fraction of sp³-hybridized carbons (Fsp3) is 0.254. The van der Waals surface area contributed by atoms with Gasteiger partial charge in [-0.1, -0.05) is 201 Å². The highest BCUT2D eigenvalue weighted by Crippen LogP contribution is 2.65. The summed E-state index contributed by atoms with van der Waals surface area (Å²) in [5.74, 6) is 0. The molecular formula is C67H57BN2. The first-order valence-electron chi connectivity index (χ1n) is 26.2. The lowest BCUT2D eigenvalue weighted by Crippen LogP contribution is -2.61. The molecule has 70 heavy (non-hydrogen) atoms. The Kier molecular flexibility index (Phi) is 7.16. The molecule has 0 amide bonds. The van der Waals surface area contributed by atoms with E-state index in [2.05, 4.69) is 216 Å². The lowest BCUT2D eigenvalue weighted by Gasteiger charge is -2.47. The summed E-state index contributed by atoms with van der Waals surface area (Å²) in [5, 5.41) is 4.41. The molecule has 0 N–H and O–H groups in total. The lowest BCUT2D eigenvalue weighted by atomic mass is 9.33. The van der Waals surface area contributed by atoms with Crippen molar-refractivity contribution < 1.29 is 0 Å². The fourth-order valence-corrected chi connectivity index (χ4v) is 16.1. The molecule has 2 nitrogen and oxygen atoms in total. The van der Waals surface area contributed by atoms with Gasteiger partial charge in [0.05, 0.1) is 16.6 Å². The molecule has 0 radical (unpaired) electrons. The molecule has 3 heteroatoms. The van der Waals surface area contributed by atoms with Gasteiger partial charge in [0.1, 0.15) is 0 Å². The molecule has 5 heterocycles. The van der Waals surface area contributed by atoms with E-state index in [1.807, 2.05) is 0 Å². The molecule has 0 saturated heterocycles. The molecule has 10 aromatic rings. The Morgan fingerprint density at radius 2 is 0.971 bits per heavy atom. The van der Waals surface area contributed by atoms with E-state index in [0.717, 1.165) is 0 Å². The molecule has 0 unspecified atom stereocenters. The third-order valence-corrected chi connectivity index (χ3v) is 19.3. The minimum atomic E-state index is -0.537. The van der Waals surface area contributed by atoms with Crippen LogP contribution in [0.2, 0.25) is 0 Å². The van der Waals surface area contributed by atoms with Gasteiger partial charge in [-0.15, -0.1) is 0 Å². The molecule has 16 rings (SSSR count). The molecule has 0 fully saturated rings. The number of rotatable bonds is 2. The Hall–Kier alpha value is -6.84. The highest BCUT2D eigenvalue weighted by atomic mass is 15.1. The van der Waals surface area contributed by atoms with Gasteiger partial charge >= 0.3 is 0 Å². The van der Waals surface area contributed by atoms with Crippen molar-refractivity contribution in [2.24, 2.45) is 0 Å². The number of benzene rings is 8. The minimum Gasteiger partial charge on any atom is -0.310 e. The number of para-hydroxylation sites is 1. The molecule has 0 atom stereocenters. The molecule has 6 aliphatic rings. The van der Waals surface area contributed by atoms with Crippen LogP contribution in [0.4, 0.5) is 0 Å². The predicted octanol–water partition coefficient (Wildman–Crippen LogP) is 14.6. The van der Waals surface area contributed by atoms with Crippen LogP contribution in [0.1, 0.15) is 126 Å². The second-order valence-electron chi connectivity index (χ2n) is 24.8. The van der Waals surface area contributed by atoms with Gasteiger partial charge in [-0.2, -0.15) is 0 Å². The first-order valence-corrected chi connectivity index (χ1v) is 26.2. The van der Waals surface area contributed by atoms with E-state index in [1.54, 1.807) is 33.0 Å². The van der Waals surface area contributed by atoms with Gasteiger partial charge in [0.15, 0.2) is 0 Å². The Morgan fingerprint density at radius 3 is 1.61 bits per heavy atom. The van der Waals surface area contributed by atoms with Gasteiger partial charge in [-0.25, -0.2) is 0 Å². The second kappa shape index (κ2) is 12.5. The zero-order valence-electron chi connectivity index (χ0n) is 41.7. The zero-order chi connectivity index (χ0) is 47.2. The number of hydrogen-bond donors (Lipinski definition) is 0. The first kappa shape index (κ1) is 40.0. The monoisotopic (exact) mass is 900 g/mol. The second-order valence-corrected chi connectivity index (χ2v) is 24.8. The first-order chi connectivity index (χ1) is 33.8. The summed E-state index contributed by atoms with van der Waals surface area (Å²) >= 11 is 0. The predicted molar refractivity (Wildman–Crippen MR) is 295 cm³/mol. The maximum atomic E-state index is 2.90. The van der Waals surface area contributed by atoms with Gasteiger partial charge < -0.3 is 9.13 Å². The van der Waals surface area contributed by atoms with E-state index in [1.165, 1.54) is 131 Å². The summed E-state index contributed by atoms with van der Waals surface area (Å²) in [6, 6.07) is 59.4. The smallest absolute Gasteiger partial charge is 0.252 e. The molecule has 3 aliphatic heterocycles. The number of fused-ring (bicyclic) bond motifs is 15. The summed E-state index contributed by atoms with van der Waals surface area (Å²) < 4.78 is 5.61. The van der Waals surface area contributed by atoms with Crippen molar-refractivity contribution in [3.63, 3.8) is 0 Å². The normalized spacial score (nSPS) is 18.9. The van der Waals surface area contributed by atoms with Crippen LogP contribution in [0.15, 0.2) is 152 Å². The summed E-state index contributed by atoms with van der Waals surface area (Å²) in [7, 11) is 0. The fourth-order valence-electron chi connectivity index (χ4n) is 16.1. The Bertz CT molecular complexity index is 4010. The van der Waals surface area contributed by atoms with Crippen molar-refractivity contribution in [2.75, 3.05) is 0 Å². The van der Waals surface area contributed by atoms with Crippen LogP contribution in [0.5, 0.6) is 0 Å². The van der Waals surface area contributed by atoms with Crippen molar-refractivity contribution in [3.05, 3.63) is 196 Å². The standard InChI is InChI=1S/C67H57BN2/c1-63(2)32-34-65(5,6)55-46(63)36-48-60-53(55)54-56-47(64(3,4)33-35-66(56,7)8)37-50-62(54)70(60)61-45(67(48)43-27-17-15-24-40(43)41-25-16-18-28-44(41)67)30-31-51-57(61)68(50)49-29-19-26-42-52(38-20-11-9-12-21-38)58(69(51)59(42)49)39-22-13-10-14-23-39/h9-31,36-37H,32-35H2,1-8H3. The van der Waals surface area contributed by atoms with E-state index in [0.29, 0.717) is 0 Å². The van der Waals surface area contributed by atoms with Crippen LogP contribution in [0.3, 0.4) is 0 Å². The van der Waals surface area contributed by atoms with E-state index in [4.69, 9.17) is 0 Å². The van der Waals surface area contributed by atoms with Gasteiger partial charge in [-0.05, 0) is 137 Å². The number of nitrogens with zero attached hydrogens (tertiary/aromatic N) is 2. The maximum absolute atomic E-state index is 2.90. The van der Waals surface area contributed by atoms with E-state index in [-0.39, 0.29) is 28.4 Å². The van der Waals surface area contributed by atoms with E-state index in [9.17, 15) is 0 Å². The lowest BCUT2D eigenvalue weighted by molar-refractivity contribution is 0.333. The molecule has 338 valence electrons. The van der Waals surface area contributed by atoms with Gasteiger partial charge in [0.2, 0.25) is 0 Å². The molecule has 2 aromatic heterocycles. The average molecular weight is 901 g/mol. The summed E-state index contributed by atoms with van der Waals surface area (Å²) in [4.78, 5) is 0. The number of hydrogen-bond acceptors (Lipinski definition) is 0. The van der Waals surface area contributed by atoms with Gasteiger partial charge in [0.25, 0.3) is 6.71 Å². The van der Waals surface area contributed by atoms with Crippen molar-refractivity contribution in [1.29, 1.82) is 0 Å². The molecule has 0 saturated carbocycles. The molecule has 3 aliphatic carbocycles. The molecular weight excluding hydrogens is 844 g/mol. The highest BCUT2D eigenvalue weighted by Gasteiger charge is 2.57. The van der Waals surface area contributed by atoms with Crippen molar-refractivity contribution in [3.8, 4) is 44.9 Å². The average Bonchev–Trinajstić information content (AvgIpc) is 4.02. The van der Waals surface area contributed by atoms with Crippen LogP contribution < -0.4 is 16.4 Å². The summed E-state index contributed by atoms with van der Waals surface area (Å²) in [6.45, 7) is 20.5. The maximum Gasteiger partial charge on any atom is 0.252 e. The molecule has 1 spiro atoms. The molecule has 8 aromatic carbocycles. The van der Waals surface area contributed by atoms with Crippen molar-refractivity contribution >= 4 is 55.8 Å². The number of aromatic nitrogens is 2. The minimum absolute atomic E-state index is 0.000335. The van der Waals surface area contributed by atoms with Crippen LogP contribution in [-0.4, -0.2) is 15.8 Å². The molecule has 0 bridgehead atoms. The van der Waals surface area contributed by atoms with Crippen LogP contribution in [0.25, 0.3) is 77.6 Å². The van der Waals surface area contributed by atoms with Crippen LogP contribution >= 0.6 is 0 Å². The van der Waals surface area contributed by atoms with Crippen molar-refractivity contribution in [1.82, 2.24) is 9.13 Å². The Balaban J connectivity index is 1.21. The Labute approximate surface area is 412 Å². The topological polar surface area (TPSA) is 9.86 Å². The SMILES string of the molecule is CC1(C)CCC(C)(C)c2c1cc1c3c2c2c4c(cc5c2n3-c2c(ccc3c2B1c1cccc2c(-c6ccccc6)c(-c6ccccc6)n-3c12)C51c2ccccc2-c2ccccc21)C(C)(C)CCC4(C)C. The summed E-state index contributed by atoms with van der Waals surface area (Å²) in [6.07, 6.45) is 4.68. The highest BCUT2D eigenvalue weighted by molar-refractivity contribution is 7.00. The Morgan fingerprint density at radius 1 is 0.414 bits per heavy atom. The quantitative estimate of drug-likeness (QED) is 0.153. The van der Waals surface area contributed by atoms with Crippen LogP contribution in [0, 0.1) is 0 Å². The van der Waals surface area contributed by atoms with Gasteiger partial charge in [0, 0.05) is 44.1 Å². The van der Waals surface area contributed by atoms with E-state index < -0.39 is 5.41 Å². The van der Waals surface area contributed by atoms with Crippen molar-refractivity contribution in [2.45, 2.75) is 108 Å². The third-order valence-electron chi connectivity index (χ3n) is 19.3. The van der Waals surface area contributed by atoms with E-state index >= 15 is 0 Å². The largest absolute Gasteiger partial charge is 0.310 e. The zero-order valence-corrected chi connectivity index (χ0v) is 41.7. The van der Waals surface area contributed by atoms with Gasteiger partial charge in [-0.3, -0.25) is 0 Å². The van der Waals surface area contributed by atoms with Crippen LogP contribution in [-0.2, 0) is 27.1 Å². The third kappa shape index (κ3) is 4.41. The summed E-state index contributed by atoms with van der Waals surface area (Å²) in [5.41, 5.74) is 30.6.